The molecular weight excluding hydrogens is 194 g/mol. The molecule has 1 fully saturated rings. The summed E-state index contributed by atoms with van der Waals surface area (Å²) in [6.07, 6.45) is 0. The average Bonchev–Trinajstić information content (AvgIpc) is 2.12. The Morgan fingerprint density at radius 2 is 2.13 bits per heavy atom. The molecular formula is C10H19N3O2. The van der Waals surface area contributed by atoms with Crippen molar-refractivity contribution in [2.75, 3.05) is 26.2 Å². The van der Waals surface area contributed by atoms with Crippen LogP contribution < -0.4 is 10.6 Å². The SMILES string of the molecule is CC(=O)NCC(=O)N1CCNC(C)(C)C1. The smallest absolute Gasteiger partial charge is 0.242 e. The van der Waals surface area contributed by atoms with Crippen molar-refractivity contribution in [1.82, 2.24) is 15.5 Å². The van der Waals surface area contributed by atoms with E-state index in [-0.39, 0.29) is 23.9 Å². The summed E-state index contributed by atoms with van der Waals surface area (Å²) < 4.78 is 0. The van der Waals surface area contributed by atoms with Gasteiger partial charge in [-0.2, -0.15) is 0 Å². The molecule has 0 aliphatic carbocycles. The number of nitrogens with one attached hydrogen (secondary N) is 2. The van der Waals surface area contributed by atoms with Crippen molar-refractivity contribution in [1.29, 1.82) is 0 Å². The Morgan fingerprint density at radius 3 is 2.67 bits per heavy atom. The van der Waals surface area contributed by atoms with Gasteiger partial charge in [-0.3, -0.25) is 9.59 Å². The Balaban J connectivity index is 2.42. The van der Waals surface area contributed by atoms with Gasteiger partial charge in [-0.1, -0.05) is 0 Å². The first-order valence-electron chi connectivity index (χ1n) is 5.18. The van der Waals surface area contributed by atoms with Gasteiger partial charge in [0.2, 0.25) is 11.8 Å². The van der Waals surface area contributed by atoms with Gasteiger partial charge < -0.3 is 15.5 Å². The summed E-state index contributed by atoms with van der Waals surface area (Å²) in [6, 6.07) is 0. The third-order valence-corrected chi connectivity index (χ3v) is 2.41. The molecule has 1 aliphatic heterocycles. The zero-order valence-corrected chi connectivity index (χ0v) is 9.59. The number of nitrogens with zero attached hydrogens (tertiary/aromatic N) is 1. The largest absolute Gasteiger partial charge is 0.347 e. The first kappa shape index (κ1) is 12.0. The van der Waals surface area contributed by atoms with Gasteiger partial charge in [-0.05, 0) is 13.8 Å². The maximum atomic E-state index is 11.7. The molecule has 0 unspecified atom stereocenters. The molecule has 2 amide bonds. The van der Waals surface area contributed by atoms with Crippen LogP contribution in [0.5, 0.6) is 0 Å². The second-order valence-electron chi connectivity index (χ2n) is 4.54. The Kier molecular flexibility index (Phi) is 3.68. The van der Waals surface area contributed by atoms with Crippen molar-refractivity contribution >= 4 is 11.8 Å². The number of amides is 2. The monoisotopic (exact) mass is 213 g/mol. The number of rotatable bonds is 2. The Labute approximate surface area is 90.2 Å². The van der Waals surface area contributed by atoms with E-state index in [0.717, 1.165) is 6.54 Å². The maximum Gasteiger partial charge on any atom is 0.242 e. The molecule has 1 aliphatic rings. The number of carbonyl (C=O) groups excluding carboxylic acids is 2. The standard InChI is InChI=1S/C10H19N3O2/c1-8(14)11-6-9(15)13-5-4-12-10(2,3)7-13/h12H,4-7H2,1-3H3,(H,11,14). The van der Waals surface area contributed by atoms with Gasteiger partial charge in [-0.15, -0.1) is 0 Å². The molecule has 5 heteroatoms. The van der Waals surface area contributed by atoms with Crippen molar-refractivity contribution in [2.45, 2.75) is 26.3 Å². The number of carbonyl (C=O) groups is 2. The third kappa shape index (κ3) is 3.87. The summed E-state index contributed by atoms with van der Waals surface area (Å²) in [5.74, 6) is -0.183. The average molecular weight is 213 g/mol. The maximum absolute atomic E-state index is 11.7. The molecule has 0 aromatic carbocycles. The summed E-state index contributed by atoms with van der Waals surface area (Å²) in [5, 5.41) is 5.85. The quantitative estimate of drug-likeness (QED) is 0.639. The summed E-state index contributed by atoms with van der Waals surface area (Å²) in [6.45, 7) is 7.84. The number of hydrogen-bond acceptors (Lipinski definition) is 3. The van der Waals surface area contributed by atoms with Gasteiger partial charge in [0.25, 0.3) is 0 Å². The Bertz CT molecular complexity index is 263. The van der Waals surface area contributed by atoms with E-state index in [9.17, 15) is 9.59 Å². The van der Waals surface area contributed by atoms with Gasteiger partial charge in [-0.25, -0.2) is 0 Å². The van der Waals surface area contributed by atoms with E-state index in [4.69, 9.17) is 0 Å². The van der Waals surface area contributed by atoms with E-state index in [0.29, 0.717) is 13.1 Å². The topological polar surface area (TPSA) is 61.4 Å². The zero-order valence-electron chi connectivity index (χ0n) is 9.59. The van der Waals surface area contributed by atoms with Gasteiger partial charge in [0.05, 0.1) is 6.54 Å². The van der Waals surface area contributed by atoms with Crippen LogP contribution in [0.4, 0.5) is 0 Å². The first-order valence-corrected chi connectivity index (χ1v) is 5.18. The minimum atomic E-state index is -0.169. The van der Waals surface area contributed by atoms with Crippen molar-refractivity contribution < 1.29 is 9.59 Å². The van der Waals surface area contributed by atoms with Crippen LogP contribution in [-0.4, -0.2) is 48.4 Å². The lowest BCUT2D eigenvalue weighted by atomic mass is 10.0. The summed E-state index contributed by atoms with van der Waals surface area (Å²) >= 11 is 0. The first-order chi connectivity index (χ1) is 6.91. The van der Waals surface area contributed by atoms with Crippen molar-refractivity contribution in [2.24, 2.45) is 0 Å². The number of piperazine rings is 1. The fourth-order valence-electron chi connectivity index (χ4n) is 1.67. The lowest BCUT2D eigenvalue weighted by Crippen LogP contribution is -2.59. The minimum absolute atomic E-state index is 0.0141. The molecule has 0 aromatic rings. The van der Waals surface area contributed by atoms with E-state index >= 15 is 0 Å². The van der Waals surface area contributed by atoms with E-state index in [1.54, 1.807) is 4.90 Å². The van der Waals surface area contributed by atoms with Crippen LogP contribution in [0.3, 0.4) is 0 Å². The highest BCUT2D eigenvalue weighted by molar-refractivity contribution is 5.83. The van der Waals surface area contributed by atoms with Crippen LogP contribution >= 0.6 is 0 Å². The minimum Gasteiger partial charge on any atom is -0.347 e. The van der Waals surface area contributed by atoms with E-state index in [1.165, 1.54) is 6.92 Å². The molecule has 0 bridgehead atoms. The van der Waals surface area contributed by atoms with Crippen molar-refractivity contribution in [3.63, 3.8) is 0 Å². The van der Waals surface area contributed by atoms with Gasteiger partial charge in [0.15, 0.2) is 0 Å². The third-order valence-electron chi connectivity index (χ3n) is 2.41. The predicted molar refractivity (Wildman–Crippen MR) is 57.3 cm³/mol. The van der Waals surface area contributed by atoms with Gasteiger partial charge in [0.1, 0.15) is 0 Å². The van der Waals surface area contributed by atoms with Crippen LogP contribution in [0, 0.1) is 0 Å². The van der Waals surface area contributed by atoms with Crippen LogP contribution in [-0.2, 0) is 9.59 Å². The highest BCUT2D eigenvalue weighted by Gasteiger charge is 2.28. The van der Waals surface area contributed by atoms with E-state index < -0.39 is 0 Å². The molecule has 2 N–H and O–H groups in total. The molecule has 0 aromatic heterocycles. The van der Waals surface area contributed by atoms with Crippen LogP contribution in [0.2, 0.25) is 0 Å². The predicted octanol–water partition coefficient (Wildman–Crippen LogP) is -0.667. The molecule has 1 heterocycles. The molecule has 86 valence electrons. The highest BCUT2D eigenvalue weighted by atomic mass is 16.2. The highest BCUT2D eigenvalue weighted by Crippen LogP contribution is 2.09. The molecule has 0 saturated carbocycles. The Hall–Kier alpha value is -1.10. The second-order valence-corrected chi connectivity index (χ2v) is 4.54. The fraction of sp³-hybridized carbons (Fsp3) is 0.800. The van der Waals surface area contributed by atoms with Crippen LogP contribution in [0.25, 0.3) is 0 Å². The van der Waals surface area contributed by atoms with Crippen LogP contribution in [0.15, 0.2) is 0 Å². The number of hydrogen-bond donors (Lipinski definition) is 2. The molecule has 5 nitrogen and oxygen atoms in total. The molecule has 15 heavy (non-hydrogen) atoms. The Morgan fingerprint density at radius 1 is 1.47 bits per heavy atom. The molecule has 0 radical (unpaired) electrons. The lowest BCUT2D eigenvalue weighted by molar-refractivity contribution is -0.134. The van der Waals surface area contributed by atoms with Crippen molar-refractivity contribution in [3.05, 3.63) is 0 Å². The molecule has 1 saturated heterocycles. The van der Waals surface area contributed by atoms with Gasteiger partial charge >= 0.3 is 0 Å². The summed E-state index contributed by atoms with van der Waals surface area (Å²) in [5.41, 5.74) is -0.0376. The lowest BCUT2D eigenvalue weighted by Gasteiger charge is -2.39. The van der Waals surface area contributed by atoms with Crippen LogP contribution in [0.1, 0.15) is 20.8 Å². The normalized spacial score (nSPS) is 19.8. The summed E-state index contributed by atoms with van der Waals surface area (Å²) in [7, 11) is 0. The zero-order chi connectivity index (χ0) is 11.5. The molecule has 0 spiro atoms. The van der Waals surface area contributed by atoms with Gasteiger partial charge in [0, 0.05) is 32.1 Å². The summed E-state index contributed by atoms with van der Waals surface area (Å²) in [4.78, 5) is 24.1. The second kappa shape index (κ2) is 4.61. The van der Waals surface area contributed by atoms with E-state index in [2.05, 4.69) is 24.5 Å². The fourth-order valence-corrected chi connectivity index (χ4v) is 1.67. The molecule has 1 rings (SSSR count). The molecule has 0 atom stereocenters. The van der Waals surface area contributed by atoms with E-state index in [1.807, 2.05) is 0 Å². The van der Waals surface area contributed by atoms with Crippen molar-refractivity contribution in [3.8, 4) is 0 Å².